The molecule has 0 saturated heterocycles. The Bertz CT molecular complexity index is 766. The molecule has 0 saturated carbocycles. The number of rotatable bonds is 7. The second-order valence-electron chi connectivity index (χ2n) is 7.08. The molecule has 148 valence electrons. The van der Waals surface area contributed by atoms with Gasteiger partial charge in [-0.1, -0.05) is 18.2 Å². The van der Waals surface area contributed by atoms with Crippen molar-refractivity contribution in [1.82, 2.24) is 20.4 Å². The van der Waals surface area contributed by atoms with E-state index in [1.54, 1.807) is 0 Å². The number of hydrogen-bond acceptors (Lipinski definition) is 2. The van der Waals surface area contributed by atoms with Crippen LogP contribution in [0.15, 0.2) is 29.3 Å². The lowest BCUT2D eigenvalue weighted by Gasteiger charge is -2.12. The molecule has 1 aromatic heterocycles. The van der Waals surface area contributed by atoms with Crippen molar-refractivity contribution in [3.63, 3.8) is 0 Å². The first-order valence-electron chi connectivity index (χ1n) is 9.79. The second-order valence-corrected chi connectivity index (χ2v) is 7.08. The van der Waals surface area contributed by atoms with Crippen molar-refractivity contribution in [1.29, 1.82) is 0 Å². The third-order valence-corrected chi connectivity index (χ3v) is 4.87. The van der Waals surface area contributed by atoms with Gasteiger partial charge in [-0.25, -0.2) is 4.99 Å². The van der Waals surface area contributed by atoms with Gasteiger partial charge >= 0.3 is 0 Å². The number of aromatic nitrogens is 2. The van der Waals surface area contributed by atoms with Gasteiger partial charge in [-0.05, 0) is 69.2 Å². The van der Waals surface area contributed by atoms with E-state index < -0.39 is 0 Å². The highest BCUT2D eigenvalue weighted by Crippen LogP contribution is 2.23. The maximum absolute atomic E-state index is 4.75. The van der Waals surface area contributed by atoms with Crippen LogP contribution in [0.25, 0.3) is 0 Å². The van der Waals surface area contributed by atoms with Crippen LogP contribution < -0.4 is 10.6 Å². The van der Waals surface area contributed by atoms with Crippen LogP contribution in [0.4, 0.5) is 0 Å². The molecular formula is C21H32IN5. The quantitative estimate of drug-likeness (QED) is 0.274. The normalized spacial score (nSPS) is 13.2. The molecule has 2 N–H and O–H groups in total. The number of fused-ring (bicyclic) bond motifs is 1. The number of hydrogen-bond donors (Lipinski definition) is 2. The van der Waals surface area contributed by atoms with Crippen molar-refractivity contribution in [3.8, 4) is 0 Å². The second kappa shape index (κ2) is 10.7. The summed E-state index contributed by atoms with van der Waals surface area (Å²) < 4.78 is 2.08. The summed E-state index contributed by atoms with van der Waals surface area (Å²) in [6.45, 7) is 9.65. The Morgan fingerprint density at radius 2 is 1.96 bits per heavy atom. The molecule has 0 unspecified atom stereocenters. The lowest BCUT2D eigenvalue weighted by atomic mass is 10.1. The number of nitrogens with one attached hydrogen (secondary N) is 2. The van der Waals surface area contributed by atoms with Gasteiger partial charge in [-0.3, -0.25) is 4.68 Å². The molecule has 0 atom stereocenters. The summed E-state index contributed by atoms with van der Waals surface area (Å²) in [5.74, 6) is 0.890. The molecule has 1 heterocycles. The van der Waals surface area contributed by atoms with Crippen LogP contribution >= 0.6 is 24.0 Å². The first-order chi connectivity index (χ1) is 12.7. The third kappa shape index (κ3) is 6.23. The molecule has 1 aromatic carbocycles. The van der Waals surface area contributed by atoms with Gasteiger partial charge in [0.15, 0.2) is 5.96 Å². The molecule has 0 radical (unpaired) electrons. The van der Waals surface area contributed by atoms with Crippen molar-refractivity contribution in [2.45, 2.75) is 59.5 Å². The number of halogens is 1. The van der Waals surface area contributed by atoms with Crippen LogP contribution in [0.1, 0.15) is 47.8 Å². The average molecular weight is 481 g/mol. The molecule has 0 fully saturated rings. The summed E-state index contributed by atoms with van der Waals surface area (Å²) in [6.07, 6.45) is 4.77. The van der Waals surface area contributed by atoms with E-state index in [2.05, 4.69) is 58.5 Å². The van der Waals surface area contributed by atoms with Gasteiger partial charge in [0.2, 0.25) is 0 Å². The number of aryl methyl sites for hydroxylation is 5. The molecular weight excluding hydrogens is 449 g/mol. The van der Waals surface area contributed by atoms with Crippen molar-refractivity contribution < 1.29 is 0 Å². The number of nitrogens with zero attached hydrogens (tertiary/aromatic N) is 3. The van der Waals surface area contributed by atoms with Crippen LogP contribution in [0, 0.1) is 13.8 Å². The smallest absolute Gasteiger partial charge is 0.191 e. The van der Waals surface area contributed by atoms with E-state index in [0.717, 1.165) is 44.3 Å². The van der Waals surface area contributed by atoms with Crippen LogP contribution in [0.3, 0.4) is 0 Å². The van der Waals surface area contributed by atoms with Gasteiger partial charge in [0.05, 0.1) is 12.2 Å². The van der Waals surface area contributed by atoms with Gasteiger partial charge < -0.3 is 10.6 Å². The standard InChI is InChI=1S/C21H31N5.HI/c1-4-22-21(23-11-6-12-26-17(3)13-16(2)25-26)24-15-18-9-10-19-7-5-8-20(19)14-18;/h9-10,13-14H,4-8,11-12,15H2,1-3H3,(H2,22,23,24);1H. The monoisotopic (exact) mass is 481 g/mol. The van der Waals surface area contributed by atoms with Crippen LogP contribution in [-0.2, 0) is 25.9 Å². The van der Waals surface area contributed by atoms with Gasteiger partial charge in [0.25, 0.3) is 0 Å². The minimum absolute atomic E-state index is 0. The third-order valence-electron chi connectivity index (χ3n) is 4.87. The summed E-state index contributed by atoms with van der Waals surface area (Å²) in [5, 5.41) is 11.3. The molecule has 27 heavy (non-hydrogen) atoms. The summed E-state index contributed by atoms with van der Waals surface area (Å²) in [5.41, 5.74) is 6.64. The molecule has 2 aromatic rings. The highest BCUT2D eigenvalue weighted by atomic mass is 127. The Kier molecular flexibility index (Phi) is 8.60. The first-order valence-corrected chi connectivity index (χ1v) is 9.79. The van der Waals surface area contributed by atoms with Crippen molar-refractivity contribution >= 4 is 29.9 Å². The Morgan fingerprint density at radius 1 is 1.15 bits per heavy atom. The lowest BCUT2D eigenvalue weighted by Crippen LogP contribution is -2.38. The Balaban J connectivity index is 0.00000261. The van der Waals surface area contributed by atoms with E-state index in [9.17, 15) is 0 Å². The van der Waals surface area contributed by atoms with Gasteiger partial charge in [0, 0.05) is 25.3 Å². The lowest BCUT2D eigenvalue weighted by molar-refractivity contribution is 0.555. The molecule has 0 amide bonds. The van der Waals surface area contributed by atoms with E-state index in [1.165, 1.54) is 41.6 Å². The number of benzene rings is 1. The summed E-state index contributed by atoms with van der Waals surface area (Å²) >= 11 is 0. The molecule has 3 rings (SSSR count). The fraction of sp³-hybridized carbons (Fsp3) is 0.524. The highest BCUT2D eigenvalue weighted by molar-refractivity contribution is 14.0. The van der Waals surface area contributed by atoms with Crippen LogP contribution in [-0.4, -0.2) is 28.8 Å². The fourth-order valence-electron chi connectivity index (χ4n) is 3.57. The molecule has 1 aliphatic rings. The first kappa shape index (κ1) is 21.7. The topological polar surface area (TPSA) is 54.2 Å². The van der Waals surface area contributed by atoms with E-state index in [-0.39, 0.29) is 24.0 Å². The summed E-state index contributed by atoms with van der Waals surface area (Å²) in [7, 11) is 0. The zero-order chi connectivity index (χ0) is 18.4. The Hall–Kier alpha value is -1.57. The van der Waals surface area contributed by atoms with Crippen molar-refractivity contribution in [2.24, 2.45) is 4.99 Å². The summed E-state index contributed by atoms with van der Waals surface area (Å²) in [6, 6.07) is 8.95. The number of guanidine groups is 1. The van der Waals surface area contributed by atoms with Crippen molar-refractivity contribution in [2.75, 3.05) is 13.1 Å². The fourth-order valence-corrected chi connectivity index (χ4v) is 3.57. The SMILES string of the molecule is CCNC(=NCc1ccc2c(c1)CCC2)NCCCn1nc(C)cc1C.I. The highest BCUT2D eigenvalue weighted by Gasteiger charge is 2.10. The van der Waals surface area contributed by atoms with E-state index in [1.807, 2.05) is 6.92 Å². The van der Waals surface area contributed by atoms with E-state index >= 15 is 0 Å². The van der Waals surface area contributed by atoms with E-state index in [0.29, 0.717) is 0 Å². The Morgan fingerprint density at radius 3 is 2.70 bits per heavy atom. The van der Waals surface area contributed by atoms with Crippen LogP contribution in [0.2, 0.25) is 0 Å². The van der Waals surface area contributed by atoms with E-state index in [4.69, 9.17) is 4.99 Å². The maximum Gasteiger partial charge on any atom is 0.191 e. The minimum atomic E-state index is 0. The zero-order valence-electron chi connectivity index (χ0n) is 16.7. The van der Waals surface area contributed by atoms with Crippen LogP contribution in [0.5, 0.6) is 0 Å². The van der Waals surface area contributed by atoms with Gasteiger partial charge in [-0.2, -0.15) is 5.10 Å². The summed E-state index contributed by atoms with van der Waals surface area (Å²) in [4.78, 5) is 4.75. The predicted octanol–water partition coefficient (Wildman–Crippen LogP) is 3.75. The predicted molar refractivity (Wildman–Crippen MR) is 123 cm³/mol. The molecule has 0 bridgehead atoms. The van der Waals surface area contributed by atoms with Gasteiger partial charge in [0.1, 0.15) is 0 Å². The molecule has 1 aliphatic carbocycles. The molecule has 0 aliphatic heterocycles. The average Bonchev–Trinajstić information content (AvgIpc) is 3.21. The van der Waals surface area contributed by atoms with Gasteiger partial charge in [-0.15, -0.1) is 24.0 Å². The largest absolute Gasteiger partial charge is 0.357 e. The zero-order valence-corrected chi connectivity index (χ0v) is 19.0. The molecule has 5 nitrogen and oxygen atoms in total. The molecule has 6 heteroatoms. The maximum atomic E-state index is 4.75. The Labute approximate surface area is 180 Å². The minimum Gasteiger partial charge on any atom is -0.357 e. The molecule has 0 spiro atoms. The van der Waals surface area contributed by atoms with Crippen molar-refractivity contribution in [3.05, 3.63) is 52.3 Å². The number of aliphatic imine (C=N–C) groups is 1.